The molecule has 6 heteroatoms. The zero-order valence-corrected chi connectivity index (χ0v) is 18.0. The Kier molecular flexibility index (Phi) is 7.34. The van der Waals surface area contributed by atoms with Gasteiger partial charge in [-0.25, -0.2) is 0 Å². The maximum atomic E-state index is 12.4. The number of aliphatic hydroxyl groups is 1. The number of carbonyl (C=O) groups is 1. The summed E-state index contributed by atoms with van der Waals surface area (Å²) in [5, 5.41) is 14.7. The number of nitrogens with zero attached hydrogens (tertiary/aromatic N) is 1. The van der Waals surface area contributed by atoms with Crippen molar-refractivity contribution in [3.05, 3.63) is 60.2 Å². The summed E-state index contributed by atoms with van der Waals surface area (Å²) in [4.78, 5) is 14.5. The van der Waals surface area contributed by atoms with Crippen LogP contribution in [0.1, 0.15) is 24.8 Å². The molecule has 1 aliphatic rings. The molecule has 0 bridgehead atoms. The molecular weight excluding hydrogens is 380 g/mol. The van der Waals surface area contributed by atoms with Crippen LogP contribution in [0.15, 0.2) is 54.6 Å². The van der Waals surface area contributed by atoms with E-state index in [1.165, 1.54) is 0 Å². The second-order valence-corrected chi connectivity index (χ2v) is 8.26. The standard InChI is InChI=1S/C24H32N2O4/c1-26(2)16-19-14-20(25-23(27)17-30-21-9-5-4-6-10-21)12-13-24(19,28)18-8-7-11-22(15-18)29-3/h4-11,15,19-20,28H,12-14,16-17H2,1-3H3,(H,25,27). The van der Waals surface area contributed by atoms with Crippen molar-refractivity contribution in [3.63, 3.8) is 0 Å². The van der Waals surface area contributed by atoms with Gasteiger partial charge in [-0.15, -0.1) is 0 Å². The van der Waals surface area contributed by atoms with Crippen LogP contribution >= 0.6 is 0 Å². The van der Waals surface area contributed by atoms with Crippen LogP contribution in [-0.2, 0) is 10.4 Å². The number of benzene rings is 2. The van der Waals surface area contributed by atoms with E-state index in [0.29, 0.717) is 25.0 Å². The Labute approximate surface area is 178 Å². The summed E-state index contributed by atoms with van der Waals surface area (Å²) in [6, 6.07) is 17.0. The van der Waals surface area contributed by atoms with Crippen LogP contribution in [0.3, 0.4) is 0 Å². The van der Waals surface area contributed by atoms with Crippen LogP contribution in [0.2, 0.25) is 0 Å². The first kappa shape index (κ1) is 22.1. The van der Waals surface area contributed by atoms with Crippen LogP contribution < -0.4 is 14.8 Å². The highest BCUT2D eigenvalue weighted by Crippen LogP contribution is 2.43. The van der Waals surface area contributed by atoms with E-state index < -0.39 is 5.60 Å². The molecule has 0 aromatic heterocycles. The van der Waals surface area contributed by atoms with Crippen molar-refractivity contribution in [1.29, 1.82) is 0 Å². The van der Waals surface area contributed by atoms with Gasteiger partial charge < -0.3 is 24.8 Å². The van der Waals surface area contributed by atoms with Gasteiger partial charge in [-0.05, 0) is 63.2 Å². The quantitative estimate of drug-likeness (QED) is 0.698. The van der Waals surface area contributed by atoms with E-state index in [9.17, 15) is 9.90 Å². The maximum absolute atomic E-state index is 12.4. The van der Waals surface area contributed by atoms with Crippen molar-refractivity contribution >= 4 is 5.91 Å². The van der Waals surface area contributed by atoms with E-state index in [1.54, 1.807) is 7.11 Å². The minimum Gasteiger partial charge on any atom is -0.497 e. The summed E-state index contributed by atoms with van der Waals surface area (Å²) < 4.78 is 10.9. The zero-order valence-electron chi connectivity index (χ0n) is 18.0. The lowest BCUT2D eigenvalue weighted by atomic mass is 9.69. The van der Waals surface area contributed by atoms with Crippen LogP contribution in [0.25, 0.3) is 0 Å². The number of methoxy groups -OCH3 is 1. The fourth-order valence-corrected chi connectivity index (χ4v) is 4.26. The number of amides is 1. The first-order valence-corrected chi connectivity index (χ1v) is 10.4. The van der Waals surface area contributed by atoms with Gasteiger partial charge in [0.1, 0.15) is 11.5 Å². The van der Waals surface area contributed by atoms with Crippen molar-refractivity contribution in [2.75, 3.05) is 34.4 Å². The van der Waals surface area contributed by atoms with Crippen molar-refractivity contribution in [2.24, 2.45) is 5.92 Å². The topological polar surface area (TPSA) is 71.0 Å². The zero-order chi connectivity index (χ0) is 21.6. The van der Waals surface area contributed by atoms with E-state index in [1.807, 2.05) is 68.7 Å². The molecule has 1 amide bonds. The second kappa shape index (κ2) is 9.96. The van der Waals surface area contributed by atoms with Crippen molar-refractivity contribution < 1.29 is 19.4 Å². The number of carbonyl (C=O) groups excluding carboxylic acids is 1. The van der Waals surface area contributed by atoms with Gasteiger partial charge in [0.05, 0.1) is 12.7 Å². The molecule has 30 heavy (non-hydrogen) atoms. The molecule has 6 nitrogen and oxygen atoms in total. The highest BCUT2D eigenvalue weighted by Gasteiger charge is 2.44. The molecule has 0 aliphatic heterocycles. The smallest absolute Gasteiger partial charge is 0.258 e. The molecule has 1 saturated carbocycles. The monoisotopic (exact) mass is 412 g/mol. The Morgan fingerprint density at radius 1 is 1.17 bits per heavy atom. The van der Waals surface area contributed by atoms with E-state index in [0.717, 1.165) is 17.9 Å². The molecule has 0 saturated heterocycles. The predicted molar refractivity (Wildman–Crippen MR) is 117 cm³/mol. The SMILES string of the molecule is COc1cccc(C2(O)CCC(NC(=O)COc3ccccc3)CC2CN(C)C)c1. The number of nitrogens with one attached hydrogen (secondary N) is 1. The lowest BCUT2D eigenvalue weighted by molar-refractivity contribution is -0.125. The van der Waals surface area contributed by atoms with E-state index in [4.69, 9.17) is 9.47 Å². The van der Waals surface area contributed by atoms with Crippen LogP contribution in [0.5, 0.6) is 11.5 Å². The number of para-hydroxylation sites is 1. The van der Waals surface area contributed by atoms with Gasteiger partial charge in [0.2, 0.25) is 0 Å². The molecule has 2 aromatic rings. The average molecular weight is 413 g/mol. The first-order valence-electron chi connectivity index (χ1n) is 10.4. The Morgan fingerprint density at radius 3 is 2.60 bits per heavy atom. The number of ether oxygens (including phenoxy) is 2. The Hall–Kier alpha value is -2.57. The molecule has 162 valence electrons. The second-order valence-electron chi connectivity index (χ2n) is 8.26. The highest BCUT2D eigenvalue weighted by molar-refractivity contribution is 5.77. The molecule has 3 atom stereocenters. The van der Waals surface area contributed by atoms with E-state index in [-0.39, 0.29) is 24.5 Å². The Morgan fingerprint density at radius 2 is 1.90 bits per heavy atom. The van der Waals surface area contributed by atoms with Crippen molar-refractivity contribution in [2.45, 2.75) is 30.9 Å². The third-order valence-electron chi connectivity index (χ3n) is 5.75. The minimum absolute atomic E-state index is 0.00714. The summed E-state index contributed by atoms with van der Waals surface area (Å²) in [6.45, 7) is 0.708. The van der Waals surface area contributed by atoms with Crippen molar-refractivity contribution in [3.8, 4) is 11.5 Å². The molecule has 0 spiro atoms. The summed E-state index contributed by atoms with van der Waals surface area (Å²) in [6.07, 6.45) is 1.97. The summed E-state index contributed by atoms with van der Waals surface area (Å²) in [5.74, 6) is 1.25. The number of rotatable bonds is 8. The van der Waals surface area contributed by atoms with Crippen LogP contribution in [-0.4, -0.2) is 56.3 Å². The third-order valence-corrected chi connectivity index (χ3v) is 5.75. The van der Waals surface area contributed by atoms with E-state index >= 15 is 0 Å². The van der Waals surface area contributed by atoms with Gasteiger partial charge >= 0.3 is 0 Å². The molecule has 3 unspecified atom stereocenters. The lowest BCUT2D eigenvalue weighted by Gasteiger charge is -2.44. The van der Waals surface area contributed by atoms with Gasteiger partial charge in [-0.1, -0.05) is 30.3 Å². The normalized spacial score (nSPS) is 23.8. The van der Waals surface area contributed by atoms with Gasteiger partial charge in [0.25, 0.3) is 5.91 Å². The molecule has 2 N–H and O–H groups in total. The Bertz CT molecular complexity index is 827. The molecule has 1 aliphatic carbocycles. The maximum Gasteiger partial charge on any atom is 0.258 e. The van der Waals surface area contributed by atoms with Crippen molar-refractivity contribution in [1.82, 2.24) is 10.2 Å². The molecule has 0 radical (unpaired) electrons. The molecular formula is C24H32N2O4. The predicted octanol–water partition coefficient (Wildman–Crippen LogP) is 2.81. The van der Waals surface area contributed by atoms with Gasteiger partial charge in [-0.3, -0.25) is 4.79 Å². The first-order chi connectivity index (χ1) is 14.4. The third kappa shape index (κ3) is 5.52. The molecule has 3 rings (SSSR count). The fraction of sp³-hybridized carbons (Fsp3) is 0.458. The van der Waals surface area contributed by atoms with Crippen LogP contribution in [0, 0.1) is 5.92 Å². The lowest BCUT2D eigenvalue weighted by Crippen LogP contribution is -2.51. The molecule has 1 fully saturated rings. The largest absolute Gasteiger partial charge is 0.497 e. The summed E-state index contributed by atoms with van der Waals surface area (Å²) in [5.41, 5.74) is -0.0912. The number of hydrogen-bond acceptors (Lipinski definition) is 5. The average Bonchev–Trinajstić information content (AvgIpc) is 2.75. The molecule has 2 aromatic carbocycles. The highest BCUT2D eigenvalue weighted by atomic mass is 16.5. The van der Waals surface area contributed by atoms with Gasteiger partial charge in [0.15, 0.2) is 6.61 Å². The van der Waals surface area contributed by atoms with Gasteiger partial charge in [0, 0.05) is 18.5 Å². The summed E-state index contributed by atoms with van der Waals surface area (Å²) in [7, 11) is 5.63. The summed E-state index contributed by atoms with van der Waals surface area (Å²) >= 11 is 0. The molecule has 0 heterocycles. The van der Waals surface area contributed by atoms with E-state index in [2.05, 4.69) is 10.2 Å². The number of hydrogen-bond donors (Lipinski definition) is 2. The van der Waals surface area contributed by atoms with Gasteiger partial charge in [-0.2, -0.15) is 0 Å². The fourth-order valence-electron chi connectivity index (χ4n) is 4.26. The minimum atomic E-state index is -0.958. The Balaban J connectivity index is 1.65. The van der Waals surface area contributed by atoms with Crippen LogP contribution in [0.4, 0.5) is 0 Å².